The van der Waals surface area contributed by atoms with Crippen molar-refractivity contribution in [2.24, 2.45) is 0 Å². The van der Waals surface area contributed by atoms with Gasteiger partial charge in [0.05, 0.1) is 24.3 Å². The highest BCUT2D eigenvalue weighted by Crippen LogP contribution is 2.32. The molecule has 8 nitrogen and oxygen atoms in total. The van der Waals surface area contributed by atoms with E-state index in [1.807, 2.05) is 6.92 Å². The van der Waals surface area contributed by atoms with E-state index in [2.05, 4.69) is 4.72 Å². The van der Waals surface area contributed by atoms with E-state index in [1.165, 1.54) is 37.4 Å². The molecule has 2 rings (SSSR count). The molecule has 0 spiro atoms. The third kappa shape index (κ3) is 3.74. The quantitative estimate of drug-likeness (QED) is 0.606. The minimum atomic E-state index is -4.13. The summed E-state index contributed by atoms with van der Waals surface area (Å²) in [6.45, 7) is 2.24. The zero-order chi connectivity index (χ0) is 17.7. The van der Waals surface area contributed by atoms with E-state index < -0.39 is 25.5 Å². The molecule has 0 bridgehead atoms. The van der Waals surface area contributed by atoms with Gasteiger partial charge in [-0.1, -0.05) is 12.1 Å². The first-order valence-corrected chi connectivity index (χ1v) is 8.44. The number of methoxy groups -OCH3 is 1. The molecular formula is C15H16N2O6S. The fourth-order valence-electron chi connectivity index (χ4n) is 2.05. The number of hydrogen-bond acceptors (Lipinski definition) is 6. The second-order valence-corrected chi connectivity index (χ2v) is 6.28. The largest absolute Gasteiger partial charge is 0.493 e. The highest BCUT2D eigenvalue weighted by Gasteiger charge is 2.25. The van der Waals surface area contributed by atoms with Crippen LogP contribution in [-0.4, -0.2) is 27.1 Å². The number of nitro benzene ring substituents is 1. The molecule has 0 amide bonds. The molecule has 0 saturated carbocycles. The van der Waals surface area contributed by atoms with Gasteiger partial charge in [-0.2, -0.15) is 0 Å². The lowest BCUT2D eigenvalue weighted by Gasteiger charge is -2.12. The zero-order valence-electron chi connectivity index (χ0n) is 13.1. The molecule has 0 aromatic heterocycles. The number of anilines is 1. The molecule has 128 valence electrons. The Morgan fingerprint density at radius 2 is 1.88 bits per heavy atom. The summed E-state index contributed by atoms with van der Waals surface area (Å²) >= 11 is 0. The van der Waals surface area contributed by atoms with E-state index in [0.29, 0.717) is 18.1 Å². The predicted molar refractivity (Wildman–Crippen MR) is 88.1 cm³/mol. The number of nitrogens with one attached hydrogen (secondary N) is 1. The summed E-state index contributed by atoms with van der Waals surface area (Å²) in [5, 5.41) is 11.0. The standard InChI is InChI=1S/C15H16N2O6S/c1-3-23-13-9-8-11(10-14(13)22-2)16-24(20,21)15-7-5-4-6-12(15)17(18)19/h4-10,16H,3H2,1-2H3. The van der Waals surface area contributed by atoms with Crippen molar-refractivity contribution in [3.05, 3.63) is 52.6 Å². The molecule has 0 heterocycles. The van der Waals surface area contributed by atoms with Crippen LogP contribution in [0.25, 0.3) is 0 Å². The second kappa shape index (κ2) is 7.18. The maximum absolute atomic E-state index is 12.4. The van der Waals surface area contributed by atoms with Crippen LogP contribution in [0, 0.1) is 10.1 Å². The van der Waals surface area contributed by atoms with Gasteiger partial charge in [-0.25, -0.2) is 8.42 Å². The van der Waals surface area contributed by atoms with Gasteiger partial charge >= 0.3 is 0 Å². The average Bonchev–Trinajstić information content (AvgIpc) is 2.56. The predicted octanol–water partition coefficient (Wildman–Crippen LogP) is 2.80. The summed E-state index contributed by atoms with van der Waals surface area (Å²) in [7, 11) is -2.70. The van der Waals surface area contributed by atoms with E-state index in [-0.39, 0.29) is 5.69 Å². The minimum Gasteiger partial charge on any atom is -0.493 e. The van der Waals surface area contributed by atoms with E-state index in [1.54, 1.807) is 6.07 Å². The van der Waals surface area contributed by atoms with Crippen molar-refractivity contribution in [2.45, 2.75) is 11.8 Å². The van der Waals surface area contributed by atoms with Crippen molar-refractivity contribution in [1.29, 1.82) is 0 Å². The van der Waals surface area contributed by atoms with Gasteiger partial charge < -0.3 is 9.47 Å². The summed E-state index contributed by atoms with van der Waals surface area (Å²) in [5.41, 5.74) is -0.295. The Hall–Kier alpha value is -2.81. The Morgan fingerprint density at radius 1 is 1.17 bits per heavy atom. The number of ether oxygens (including phenoxy) is 2. The Kier molecular flexibility index (Phi) is 5.24. The Bertz CT molecular complexity index is 851. The fraction of sp³-hybridized carbons (Fsp3) is 0.200. The molecule has 0 unspecified atom stereocenters. The molecule has 0 aliphatic heterocycles. The number of nitrogens with zero attached hydrogens (tertiary/aromatic N) is 1. The van der Waals surface area contributed by atoms with E-state index >= 15 is 0 Å². The van der Waals surface area contributed by atoms with E-state index in [9.17, 15) is 18.5 Å². The van der Waals surface area contributed by atoms with Gasteiger partial charge in [0.1, 0.15) is 0 Å². The molecule has 24 heavy (non-hydrogen) atoms. The number of nitro groups is 1. The lowest BCUT2D eigenvalue weighted by atomic mass is 10.3. The number of para-hydroxylation sites is 1. The molecule has 2 aromatic rings. The van der Waals surface area contributed by atoms with Gasteiger partial charge in [-0.3, -0.25) is 14.8 Å². The van der Waals surface area contributed by atoms with Crippen LogP contribution in [-0.2, 0) is 10.0 Å². The zero-order valence-corrected chi connectivity index (χ0v) is 13.9. The van der Waals surface area contributed by atoms with Crippen molar-refractivity contribution in [2.75, 3.05) is 18.4 Å². The van der Waals surface area contributed by atoms with Crippen LogP contribution in [0.1, 0.15) is 6.92 Å². The summed E-state index contributed by atoms with van der Waals surface area (Å²) in [6, 6.07) is 9.60. The minimum absolute atomic E-state index is 0.202. The molecule has 0 aliphatic carbocycles. The topological polar surface area (TPSA) is 108 Å². The smallest absolute Gasteiger partial charge is 0.289 e. The second-order valence-electron chi connectivity index (χ2n) is 4.63. The first-order valence-electron chi connectivity index (χ1n) is 6.96. The summed E-state index contributed by atoms with van der Waals surface area (Å²) in [6.07, 6.45) is 0. The van der Waals surface area contributed by atoms with Crippen molar-refractivity contribution in [3.8, 4) is 11.5 Å². The van der Waals surface area contributed by atoms with E-state index in [4.69, 9.17) is 9.47 Å². The Balaban J connectivity index is 2.38. The Morgan fingerprint density at radius 3 is 2.50 bits per heavy atom. The average molecular weight is 352 g/mol. The lowest BCUT2D eigenvalue weighted by Crippen LogP contribution is -2.14. The van der Waals surface area contributed by atoms with Gasteiger partial charge in [-0.05, 0) is 25.1 Å². The summed E-state index contributed by atoms with van der Waals surface area (Å²) in [4.78, 5) is 9.86. The van der Waals surface area contributed by atoms with Gasteiger partial charge in [0.25, 0.3) is 15.7 Å². The van der Waals surface area contributed by atoms with Gasteiger partial charge in [0.15, 0.2) is 16.4 Å². The molecule has 0 radical (unpaired) electrons. The molecule has 9 heteroatoms. The van der Waals surface area contributed by atoms with Gasteiger partial charge in [0.2, 0.25) is 0 Å². The SMILES string of the molecule is CCOc1ccc(NS(=O)(=O)c2ccccc2[N+](=O)[O-])cc1OC. The van der Waals surface area contributed by atoms with Crippen LogP contribution in [0.4, 0.5) is 11.4 Å². The maximum Gasteiger partial charge on any atom is 0.289 e. The first kappa shape index (κ1) is 17.5. The van der Waals surface area contributed by atoms with Crippen molar-refractivity contribution < 1.29 is 22.8 Å². The molecule has 1 N–H and O–H groups in total. The van der Waals surface area contributed by atoms with Gasteiger partial charge in [-0.15, -0.1) is 0 Å². The first-order chi connectivity index (χ1) is 11.4. The molecule has 0 atom stereocenters. The molecule has 0 aliphatic rings. The number of sulfonamides is 1. The van der Waals surface area contributed by atoms with Gasteiger partial charge in [0, 0.05) is 12.1 Å². The number of benzene rings is 2. The third-order valence-electron chi connectivity index (χ3n) is 3.07. The van der Waals surface area contributed by atoms with Crippen LogP contribution >= 0.6 is 0 Å². The fourth-order valence-corrected chi connectivity index (χ4v) is 3.27. The number of hydrogen-bond donors (Lipinski definition) is 1. The molecule has 0 saturated heterocycles. The van der Waals surface area contributed by atoms with Crippen LogP contribution in [0.3, 0.4) is 0 Å². The monoisotopic (exact) mass is 352 g/mol. The van der Waals surface area contributed by atoms with Crippen LogP contribution in [0.2, 0.25) is 0 Å². The Labute approximate surface area is 139 Å². The van der Waals surface area contributed by atoms with Crippen molar-refractivity contribution in [3.63, 3.8) is 0 Å². The van der Waals surface area contributed by atoms with Crippen molar-refractivity contribution in [1.82, 2.24) is 0 Å². The lowest BCUT2D eigenvalue weighted by molar-refractivity contribution is -0.387. The van der Waals surface area contributed by atoms with E-state index in [0.717, 1.165) is 6.07 Å². The molecule has 2 aromatic carbocycles. The molecule has 0 fully saturated rings. The summed E-state index contributed by atoms with van der Waals surface area (Å²) in [5.74, 6) is 0.813. The third-order valence-corrected chi connectivity index (χ3v) is 4.50. The van der Waals surface area contributed by atoms with Crippen LogP contribution in [0.5, 0.6) is 11.5 Å². The van der Waals surface area contributed by atoms with Crippen molar-refractivity contribution >= 4 is 21.4 Å². The normalized spacial score (nSPS) is 10.9. The maximum atomic E-state index is 12.4. The van der Waals surface area contributed by atoms with Crippen LogP contribution < -0.4 is 14.2 Å². The van der Waals surface area contributed by atoms with Crippen LogP contribution in [0.15, 0.2) is 47.4 Å². The highest BCUT2D eigenvalue weighted by molar-refractivity contribution is 7.92. The molecular weight excluding hydrogens is 336 g/mol. The highest BCUT2D eigenvalue weighted by atomic mass is 32.2. The number of rotatable bonds is 7. The summed E-state index contributed by atoms with van der Waals surface area (Å²) < 4.78 is 37.7.